The summed E-state index contributed by atoms with van der Waals surface area (Å²) in [6.07, 6.45) is 5.09. The molecule has 3 heteroatoms. The number of unbranched alkanes of at least 4 members (excludes halogenated alkanes) is 2. The first-order valence-corrected chi connectivity index (χ1v) is 6.54. The van der Waals surface area contributed by atoms with Crippen molar-refractivity contribution in [3.05, 3.63) is 0 Å². The van der Waals surface area contributed by atoms with Crippen LogP contribution in [0.15, 0.2) is 4.99 Å². The highest BCUT2D eigenvalue weighted by atomic mass is 15.3. The number of likely N-dealkylation sites (tertiary alicyclic amines) is 1. The van der Waals surface area contributed by atoms with Crippen molar-refractivity contribution < 1.29 is 0 Å². The van der Waals surface area contributed by atoms with Crippen molar-refractivity contribution >= 4 is 5.96 Å². The molecule has 0 amide bonds. The highest BCUT2D eigenvalue weighted by Gasteiger charge is 2.30. The van der Waals surface area contributed by atoms with Crippen LogP contribution in [0.3, 0.4) is 0 Å². The van der Waals surface area contributed by atoms with E-state index in [9.17, 15) is 0 Å². The van der Waals surface area contributed by atoms with E-state index in [1.54, 1.807) is 0 Å². The maximum Gasteiger partial charge on any atom is 0.193 e. The number of guanidine groups is 1. The molecule has 1 rings (SSSR count). The summed E-state index contributed by atoms with van der Waals surface area (Å²) in [5.41, 5.74) is 0.445. The summed E-state index contributed by atoms with van der Waals surface area (Å²) in [6.45, 7) is 10.2. The molecular weight excluding hydrogens is 198 g/mol. The molecule has 1 N–H and O–H groups in total. The molecule has 0 unspecified atom stereocenters. The lowest BCUT2D eigenvalue weighted by Gasteiger charge is -2.23. The van der Waals surface area contributed by atoms with Crippen LogP contribution in [-0.4, -0.2) is 37.5 Å². The predicted octanol–water partition coefficient (Wildman–Crippen LogP) is 2.48. The summed E-state index contributed by atoms with van der Waals surface area (Å²) in [7, 11) is 1.88. The summed E-state index contributed by atoms with van der Waals surface area (Å²) < 4.78 is 0. The van der Waals surface area contributed by atoms with Crippen LogP contribution in [0.4, 0.5) is 0 Å². The van der Waals surface area contributed by atoms with Gasteiger partial charge in [0.15, 0.2) is 5.96 Å². The normalized spacial score (nSPS) is 20.2. The Hall–Kier alpha value is -0.730. The van der Waals surface area contributed by atoms with Crippen LogP contribution < -0.4 is 5.32 Å². The molecule has 0 aliphatic carbocycles. The maximum atomic E-state index is 4.36. The quantitative estimate of drug-likeness (QED) is 0.452. The summed E-state index contributed by atoms with van der Waals surface area (Å²) >= 11 is 0. The Bertz CT molecular complexity index is 233. The van der Waals surface area contributed by atoms with Crippen molar-refractivity contribution in [3.63, 3.8) is 0 Å². The second-order valence-corrected chi connectivity index (χ2v) is 5.52. The van der Waals surface area contributed by atoms with Gasteiger partial charge in [-0.1, -0.05) is 33.6 Å². The SMILES string of the molecule is CCCCCNC(=NC)N1CCC(C)(C)C1. The van der Waals surface area contributed by atoms with E-state index >= 15 is 0 Å². The van der Waals surface area contributed by atoms with Gasteiger partial charge in [-0.3, -0.25) is 4.99 Å². The van der Waals surface area contributed by atoms with E-state index in [1.807, 2.05) is 7.05 Å². The average Bonchev–Trinajstić information content (AvgIpc) is 2.59. The molecule has 0 bridgehead atoms. The molecular formula is C13H27N3. The smallest absolute Gasteiger partial charge is 0.193 e. The van der Waals surface area contributed by atoms with Gasteiger partial charge in [0, 0.05) is 26.7 Å². The van der Waals surface area contributed by atoms with Gasteiger partial charge in [-0.2, -0.15) is 0 Å². The molecule has 0 spiro atoms. The topological polar surface area (TPSA) is 27.6 Å². The second kappa shape index (κ2) is 6.12. The number of hydrogen-bond acceptors (Lipinski definition) is 1. The Kier molecular flexibility index (Phi) is 5.10. The molecule has 3 nitrogen and oxygen atoms in total. The van der Waals surface area contributed by atoms with Crippen LogP contribution in [-0.2, 0) is 0 Å². The van der Waals surface area contributed by atoms with E-state index < -0.39 is 0 Å². The van der Waals surface area contributed by atoms with Crippen LogP contribution in [0.2, 0.25) is 0 Å². The molecule has 0 atom stereocenters. The molecule has 0 aromatic rings. The number of aliphatic imine (C=N–C) groups is 1. The molecule has 1 saturated heterocycles. The van der Waals surface area contributed by atoms with E-state index in [0.29, 0.717) is 5.41 Å². The Morgan fingerprint density at radius 3 is 2.62 bits per heavy atom. The lowest BCUT2D eigenvalue weighted by molar-refractivity contribution is 0.370. The third-order valence-corrected chi connectivity index (χ3v) is 3.25. The lowest BCUT2D eigenvalue weighted by Crippen LogP contribution is -2.41. The third-order valence-electron chi connectivity index (χ3n) is 3.25. The van der Waals surface area contributed by atoms with Crippen molar-refractivity contribution in [3.8, 4) is 0 Å². The molecule has 1 aliphatic rings. The predicted molar refractivity (Wildman–Crippen MR) is 70.9 cm³/mol. The molecule has 0 aromatic carbocycles. The number of nitrogens with zero attached hydrogens (tertiary/aromatic N) is 2. The third kappa shape index (κ3) is 4.03. The minimum Gasteiger partial charge on any atom is -0.356 e. The van der Waals surface area contributed by atoms with Crippen molar-refractivity contribution in [2.45, 2.75) is 46.5 Å². The Morgan fingerprint density at radius 1 is 1.38 bits per heavy atom. The van der Waals surface area contributed by atoms with Gasteiger partial charge in [0.25, 0.3) is 0 Å². The summed E-state index contributed by atoms with van der Waals surface area (Å²) in [6, 6.07) is 0. The van der Waals surface area contributed by atoms with E-state index in [-0.39, 0.29) is 0 Å². The summed E-state index contributed by atoms with van der Waals surface area (Å²) in [4.78, 5) is 6.75. The second-order valence-electron chi connectivity index (χ2n) is 5.52. The van der Waals surface area contributed by atoms with Gasteiger partial charge in [-0.25, -0.2) is 0 Å². The minimum atomic E-state index is 0.445. The summed E-state index contributed by atoms with van der Waals surface area (Å²) in [5, 5.41) is 3.46. The van der Waals surface area contributed by atoms with Gasteiger partial charge < -0.3 is 10.2 Å². The van der Waals surface area contributed by atoms with Crippen LogP contribution in [0.5, 0.6) is 0 Å². The monoisotopic (exact) mass is 225 g/mol. The maximum absolute atomic E-state index is 4.36. The van der Waals surface area contributed by atoms with Crippen LogP contribution in [0, 0.1) is 5.41 Å². The first-order valence-electron chi connectivity index (χ1n) is 6.54. The zero-order chi connectivity index (χ0) is 12.0. The molecule has 94 valence electrons. The molecule has 0 radical (unpaired) electrons. The molecule has 1 fully saturated rings. The zero-order valence-corrected chi connectivity index (χ0v) is 11.3. The first kappa shape index (κ1) is 13.3. The fraction of sp³-hybridized carbons (Fsp3) is 0.923. The molecule has 0 aromatic heterocycles. The first-order chi connectivity index (χ1) is 7.59. The Morgan fingerprint density at radius 2 is 2.12 bits per heavy atom. The fourth-order valence-electron chi connectivity index (χ4n) is 2.20. The van der Waals surface area contributed by atoms with Crippen LogP contribution in [0.1, 0.15) is 46.5 Å². The standard InChI is InChI=1S/C13H27N3/c1-5-6-7-9-15-12(14-4)16-10-8-13(2,3)11-16/h5-11H2,1-4H3,(H,14,15). The lowest BCUT2D eigenvalue weighted by atomic mass is 9.93. The minimum absolute atomic E-state index is 0.445. The van der Waals surface area contributed by atoms with E-state index in [2.05, 4.69) is 36.0 Å². The van der Waals surface area contributed by atoms with E-state index in [4.69, 9.17) is 0 Å². The zero-order valence-electron chi connectivity index (χ0n) is 11.3. The number of hydrogen-bond donors (Lipinski definition) is 1. The average molecular weight is 225 g/mol. The molecule has 1 heterocycles. The van der Waals surface area contributed by atoms with Crippen molar-refractivity contribution in [1.29, 1.82) is 0 Å². The van der Waals surface area contributed by atoms with Gasteiger partial charge in [-0.15, -0.1) is 0 Å². The Balaban J connectivity index is 2.33. The fourth-order valence-corrected chi connectivity index (χ4v) is 2.20. The number of rotatable bonds is 4. The van der Waals surface area contributed by atoms with E-state index in [1.165, 1.54) is 25.7 Å². The van der Waals surface area contributed by atoms with Gasteiger partial charge in [0.2, 0.25) is 0 Å². The highest BCUT2D eigenvalue weighted by molar-refractivity contribution is 5.80. The van der Waals surface area contributed by atoms with Gasteiger partial charge in [0.1, 0.15) is 0 Å². The van der Waals surface area contributed by atoms with E-state index in [0.717, 1.165) is 25.6 Å². The largest absolute Gasteiger partial charge is 0.356 e. The van der Waals surface area contributed by atoms with Crippen LogP contribution in [0.25, 0.3) is 0 Å². The van der Waals surface area contributed by atoms with Gasteiger partial charge in [0.05, 0.1) is 0 Å². The molecule has 16 heavy (non-hydrogen) atoms. The summed E-state index contributed by atoms with van der Waals surface area (Å²) in [5.74, 6) is 1.08. The highest BCUT2D eigenvalue weighted by Crippen LogP contribution is 2.28. The molecule has 0 saturated carbocycles. The molecule has 1 aliphatic heterocycles. The van der Waals surface area contributed by atoms with Crippen molar-refractivity contribution in [2.24, 2.45) is 10.4 Å². The number of nitrogens with one attached hydrogen (secondary N) is 1. The van der Waals surface area contributed by atoms with Gasteiger partial charge in [-0.05, 0) is 18.3 Å². The van der Waals surface area contributed by atoms with Crippen LogP contribution >= 0.6 is 0 Å². The Labute approximate surface area is 100 Å². The van der Waals surface area contributed by atoms with Gasteiger partial charge >= 0.3 is 0 Å². The van der Waals surface area contributed by atoms with Crippen molar-refractivity contribution in [1.82, 2.24) is 10.2 Å². The van der Waals surface area contributed by atoms with Crippen molar-refractivity contribution in [2.75, 3.05) is 26.7 Å².